The summed E-state index contributed by atoms with van der Waals surface area (Å²) in [5.74, 6) is -0.257. The summed E-state index contributed by atoms with van der Waals surface area (Å²) in [6.07, 6.45) is 1.02. The standard InChI is InChI=1S/C11H23NO3/c1-10(2,12)6-7-15-11(3,4)8-9(13)14-5/h6-8,12H2,1-5H3. The maximum absolute atomic E-state index is 11.1. The lowest BCUT2D eigenvalue weighted by atomic mass is 10.0. The Labute approximate surface area is 92.1 Å². The fourth-order valence-corrected chi connectivity index (χ4v) is 1.06. The molecule has 0 aliphatic heterocycles. The highest BCUT2D eigenvalue weighted by Gasteiger charge is 2.24. The SMILES string of the molecule is COC(=O)CC(C)(C)OCCC(C)(C)N. The van der Waals surface area contributed by atoms with Crippen molar-refractivity contribution in [3.05, 3.63) is 0 Å². The second kappa shape index (κ2) is 5.47. The molecule has 0 rings (SSSR count). The largest absolute Gasteiger partial charge is 0.469 e. The van der Waals surface area contributed by atoms with Gasteiger partial charge >= 0.3 is 5.97 Å². The van der Waals surface area contributed by atoms with Crippen molar-refractivity contribution in [3.63, 3.8) is 0 Å². The lowest BCUT2D eigenvalue weighted by Crippen LogP contribution is -2.36. The number of hydrogen-bond donors (Lipinski definition) is 1. The molecule has 0 saturated heterocycles. The summed E-state index contributed by atoms with van der Waals surface area (Å²) in [7, 11) is 1.38. The lowest BCUT2D eigenvalue weighted by Gasteiger charge is -2.26. The first-order valence-electron chi connectivity index (χ1n) is 5.16. The zero-order valence-corrected chi connectivity index (χ0v) is 10.4. The van der Waals surface area contributed by atoms with Crippen LogP contribution in [0.3, 0.4) is 0 Å². The van der Waals surface area contributed by atoms with E-state index in [2.05, 4.69) is 4.74 Å². The topological polar surface area (TPSA) is 61.5 Å². The van der Waals surface area contributed by atoms with Gasteiger partial charge in [0.1, 0.15) is 0 Å². The molecule has 0 spiro atoms. The van der Waals surface area contributed by atoms with Gasteiger partial charge in [-0.25, -0.2) is 0 Å². The number of carbonyl (C=O) groups excluding carboxylic acids is 1. The van der Waals surface area contributed by atoms with Crippen LogP contribution in [0.15, 0.2) is 0 Å². The predicted octanol–water partition coefficient (Wildman–Crippen LogP) is 1.47. The molecule has 0 atom stereocenters. The normalized spacial score (nSPS) is 12.7. The molecule has 0 radical (unpaired) electrons. The zero-order chi connectivity index (χ0) is 12.1. The highest BCUT2D eigenvalue weighted by Crippen LogP contribution is 2.16. The second-order valence-corrected chi connectivity index (χ2v) is 5.10. The highest BCUT2D eigenvalue weighted by molar-refractivity contribution is 5.70. The average Bonchev–Trinajstić information content (AvgIpc) is 2.00. The van der Waals surface area contributed by atoms with Gasteiger partial charge in [-0.3, -0.25) is 4.79 Å². The van der Waals surface area contributed by atoms with Crippen molar-refractivity contribution in [2.24, 2.45) is 5.73 Å². The van der Waals surface area contributed by atoms with E-state index in [-0.39, 0.29) is 17.9 Å². The minimum absolute atomic E-state index is 0.235. The van der Waals surface area contributed by atoms with Gasteiger partial charge in [-0.1, -0.05) is 0 Å². The molecule has 90 valence electrons. The van der Waals surface area contributed by atoms with Gasteiger partial charge in [-0.15, -0.1) is 0 Å². The van der Waals surface area contributed by atoms with E-state index < -0.39 is 5.60 Å². The van der Waals surface area contributed by atoms with Gasteiger partial charge in [0.15, 0.2) is 0 Å². The van der Waals surface area contributed by atoms with Crippen molar-refractivity contribution in [3.8, 4) is 0 Å². The molecule has 2 N–H and O–H groups in total. The third-order valence-corrected chi connectivity index (χ3v) is 2.04. The Morgan fingerprint density at radius 3 is 2.20 bits per heavy atom. The van der Waals surface area contributed by atoms with Crippen molar-refractivity contribution >= 4 is 5.97 Å². The van der Waals surface area contributed by atoms with E-state index in [0.29, 0.717) is 6.61 Å². The van der Waals surface area contributed by atoms with Gasteiger partial charge in [0.05, 0.1) is 19.1 Å². The Morgan fingerprint density at radius 1 is 1.27 bits per heavy atom. The first kappa shape index (κ1) is 14.4. The van der Waals surface area contributed by atoms with Crippen LogP contribution in [0.5, 0.6) is 0 Å². The summed E-state index contributed by atoms with van der Waals surface area (Å²) in [6.45, 7) is 8.18. The van der Waals surface area contributed by atoms with Gasteiger partial charge in [0.2, 0.25) is 0 Å². The highest BCUT2D eigenvalue weighted by atomic mass is 16.5. The number of rotatable bonds is 6. The fraction of sp³-hybridized carbons (Fsp3) is 0.909. The summed E-state index contributed by atoms with van der Waals surface area (Å²) in [4.78, 5) is 11.1. The van der Waals surface area contributed by atoms with Crippen LogP contribution >= 0.6 is 0 Å². The van der Waals surface area contributed by atoms with Crippen molar-refractivity contribution in [2.75, 3.05) is 13.7 Å². The third-order valence-electron chi connectivity index (χ3n) is 2.04. The Morgan fingerprint density at radius 2 is 1.80 bits per heavy atom. The molecular weight excluding hydrogens is 194 g/mol. The van der Waals surface area contributed by atoms with Crippen LogP contribution in [-0.2, 0) is 14.3 Å². The minimum atomic E-state index is -0.488. The molecular formula is C11H23NO3. The monoisotopic (exact) mass is 217 g/mol. The van der Waals surface area contributed by atoms with Crippen LogP contribution in [0, 0.1) is 0 Å². The quantitative estimate of drug-likeness (QED) is 0.684. The Balaban J connectivity index is 3.89. The summed E-state index contributed by atoms with van der Waals surface area (Å²) in [5, 5.41) is 0. The first-order valence-corrected chi connectivity index (χ1v) is 5.16. The van der Waals surface area contributed by atoms with E-state index in [1.54, 1.807) is 0 Å². The maximum atomic E-state index is 11.1. The molecule has 0 amide bonds. The van der Waals surface area contributed by atoms with Crippen molar-refractivity contribution in [1.29, 1.82) is 0 Å². The van der Waals surface area contributed by atoms with E-state index in [9.17, 15) is 4.79 Å². The molecule has 0 fully saturated rings. The molecule has 0 aromatic rings. The van der Waals surface area contributed by atoms with Gasteiger partial charge in [-0.05, 0) is 34.1 Å². The molecule has 0 aliphatic rings. The first-order chi connectivity index (χ1) is 6.66. The molecule has 0 saturated carbocycles. The van der Waals surface area contributed by atoms with E-state index in [4.69, 9.17) is 10.5 Å². The molecule has 4 heteroatoms. The molecule has 15 heavy (non-hydrogen) atoms. The summed E-state index contributed by atoms with van der Waals surface area (Å²) >= 11 is 0. The number of esters is 1. The lowest BCUT2D eigenvalue weighted by molar-refractivity contribution is -0.147. The van der Waals surface area contributed by atoms with E-state index in [0.717, 1.165) is 6.42 Å². The number of methoxy groups -OCH3 is 1. The van der Waals surface area contributed by atoms with Crippen LogP contribution in [0.25, 0.3) is 0 Å². The summed E-state index contributed by atoms with van der Waals surface area (Å²) in [5.41, 5.74) is 5.10. The van der Waals surface area contributed by atoms with Gasteiger partial charge < -0.3 is 15.2 Å². The van der Waals surface area contributed by atoms with Crippen LogP contribution in [0.1, 0.15) is 40.5 Å². The van der Waals surface area contributed by atoms with E-state index in [1.807, 2.05) is 27.7 Å². The Bertz CT molecular complexity index is 206. The molecule has 0 aromatic heterocycles. The van der Waals surface area contributed by atoms with Crippen LogP contribution in [0.2, 0.25) is 0 Å². The number of ether oxygens (including phenoxy) is 2. The Hall–Kier alpha value is -0.610. The van der Waals surface area contributed by atoms with Crippen LogP contribution in [0.4, 0.5) is 0 Å². The molecule has 4 nitrogen and oxygen atoms in total. The van der Waals surface area contributed by atoms with Gasteiger partial charge in [0, 0.05) is 12.1 Å². The molecule has 0 bridgehead atoms. The maximum Gasteiger partial charge on any atom is 0.308 e. The van der Waals surface area contributed by atoms with Crippen molar-refractivity contribution in [1.82, 2.24) is 0 Å². The van der Waals surface area contributed by atoms with Crippen LogP contribution < -0.4 is 5.73 Å². The summed E-state index contributed by atoms with van der Waals surface area (Å²) in [6, 6.07) is 0. The van der Waals surface area contributed by atoms with Gasteiger partial charge in [-0.2, -0.15) is 0 Å². The molecule has 0 aliphatic carbocycles. The number of hydrogen-bond acceptors (Lipinski definition) is 4. The Kier molecular flexibility index (Phi) is 5.24. The number of nitrogens with two attached hydrogens (primary N) is 1. The van der Waals surface area contributed by atoms with E-state index >= 15 is 0 Å². The smallest absolute Gasteiger partial charge is 0.308 e. The molecule has 0 heterocycles. The summed E-state index contributed by atoms with van der Waals surface area (Å²) < 4.78 is 10.2. The van der Waals surface area contributed by atoms with Crippen molar-refractivity contribution in [2.45, 2.75) is 51.7 Å². The third kappa shape index (κ3) is 8.39. The zero-order valence-electron chi connectivity index (χ0n) is 10.4. The second-order valence-electron chi connectivity index (χ2n) is 5.10. The average molecular weight is 217 g/mol. The minimum Gasteiger partial charge on any atom is -0.469 e. The van der Waals surface area contributed by atoms with Crippen LogP contribution in [-0.4, -0.2) is 30.8 Å². The van der Waals surface area contributed by atoms with Gasteiger partial charge in [0.25, 0.3) is 0 Å². The number of carbonyl (C=O) groups is 1. The molecule has 0 unspecified atom stereocenters. The predicted molar refractivity (Wildman–Crippen MR) is 59.5 cm³/mol. The van der Waals surface area contributed by atoms with Crippen molar-refractivity contribution < 1.29 is 14.3 Å². The van der Waals surface area contributed by atoms with E-state index in [1.165, 1.54) is 7.11 Å². The fourth-order valence-electron chi connectivity index (χ4n) is 1.06. The molecule has 0 aromatic carbocycles.